The molecule has 170 valence electrons. The number of likely N-dealkylation sites (tertiary alicyclic amines) is 1. The number of pyridine rings is 1. The molecule has 33 heavy (non-hydrogen) atoms. The van der Waals surface area contributed by atoms with Crippen LogP contribution in [0.15, 0.2) is 79.0 Å². The maximum absolute atomic E-state index is 9.53. The molecule has 0 bridgehead atoms. The van der Waals surface area contributed by atoms with E-state index in [0.29, 0.717) is 13.2 Å². The molecule has 4 heteroatoms. The topological polar surface area (TPSA) is 49.2 Å². The highest BCUT2D eigenvalue weighted by Crippen LogP contribution is 2.41. The number of aryl methyl sites for hydroxylation is 1. The summed E-state index contributed by atoms with van der Waals surface area (Å²) < 4.78 is 6.31. The summed E-state index contributed by atoms with van der Waals surface area (Å²) in [6.07, 6.45) is 4.83. The molecule has 1 aliphatic heterocycles. The number of benzene rings is 2. The summed E-state index contributed by atoms with van der Waals surface area (Å²) in [6.45, 7) is 7.84. The van der Waals surface area contributed by atoms with Crippen LogP contribution in [-0.4, -0.2) is 29.6 Å². The molecule has 4 nitrogen and oxygen atoms in total. The molecule has 0 spiro atoms. The number of hydrogen-bond donors (Lipinski definition) is 0. The molecule has 2 aromatic carbocycles. The molecule has 0 unspecified atom stereocenters. The fourth-order valence-electron chi connectivity index (χ4n) is 4.90. The predicted molar refractivity (Wildman–Crippen MR) is 131 cm³/mol. The minimum absolute atomic E-state index is 0.0450. The number of rotatable bonds is 9. The van der Waals surface area contributed by atoms with Gasteiger partial charge < -0.3 is 4.74 Å². The van der Waals surface area contributed by atoms with Crippen molar-refractivity contribution < 1.29 is 4.74 Å². The van der Waals surface area contributed by atoms with Gasteiger partial charge in [0, 0.05) is 18.2 Å². The highest BCUT2D eigenvalue weighted by molar-refractivity contribution is 5.37. The summed E-state index contributed by atoms with van der Waals surface area (Å²) in [5.74, 6) is 0. The molecule has 0 aliphatic carbocycles. The Kier molecular flexibility index (Phi) is 7.23. The number of nitrogens with zero attached hydrogens (tertiary/aromatic N) is 3. The summed E-state index contributed by atoms with van der Waals surface area (Å²) in [4.78, 5) is 7.20. The van der Waals surface area contributed by atoms with Crippen LogP contribution in [0.1, 0.15) is 49.1 Å². The summed E-state index contributed by atoms with van der Waals surface area (Å²) in [7, 11) is 0. The maximum Gasteiger partial charge on any atom is 0.0994 e. The van der Waals surface area contributed by atoms with Crippen LogP contribution in [-0.2, 0) is 23.3 Å². The van der Waals surface area contributed by atoms with E-state index in [2.05, 4.69) is 72.3 Å². The molecule has 2 heterocycles. The normalized spacial score (nSPS) is 18.8. The third-order valence-electron chi connectivity index (χ3n) is 7.10. The predicted octanol–water partition coefficient (Wildman–Crippen LogP) is 5.73. The van der Waals surface area contributed by atoms with Gasteiger partial charge in [0.2, 0.25) is 0 Å². The van der Waals surface area contributed by atoms with Crippen molar-refractivity contribution >= 4 is 0 Å². The van der Waals surface area contributed by atoms with Crippen molar-refractivity contribution in [1.82, 2.24) is 9.88 Å². The van der Waals surface area contributed by atoms with Gasteiger partial charge in [-0.25, -0.2) is 0 Å². The summed E-state index contributed by atoms with van der Waals surface area (Å²) in [5.41, 5.74) is 4.11. The van der Waals surface area contributed by atoms with Gasteiger partial charge in [-0.15, -0.1) is 0 Å². The Morgan fingerprint density at radius 3 is 2.55 bits per heavy atom. The lowest BCUT2D eigenvalue weighted by Crippen LogP contribution is -2.43. The lowest BCUT2D eigenvalue weighted by Gasteiger charge is -2.37. The van der Waals surface area contributed by atoms with Gasteiger partial charge >= 0.3 is 0 Å². The summed E-state index contributed by atoms with van der Waals surface area (Å²) in [6, 6.07) is 26.8. The third kappa shape index (κ3) is 5.50. The first-order valence-corrected chi connectivity index (χ1v) is 11.8. The second-order valence-electron chi connectivity index (χ2n) is 9.69. The second kappa shape index (κ2) is 10.3. The first kappa shape index (κ1) is 23.2. The van der Waals surface area contributed by atoms with Gasteiger partial charge in [-0.1, -0.05) is 54.6 Å². The lowest BCUT2D eigenvalue weighted by molar-refractivity contribution is 0.0236. The molecule has 1 atom stereocenters. The third-order valence-corrected chi connectivity index (χ3v) is 7.10. The molecule has 1 aliphatic rings. The van der Waals surface area contributed by atoms with Crippen molar-refractivity contribution in [2.45, 2.75) is 45.3 Å². The van der Waals surface area contributed by atoms with E-state index >= 15 is 0 Å². The van der Waals surface area contributed by atoms with E-state index in [9.17, 15) is 5.26 Å². The van der Waals surface area contributed by atoms with Gasteiger partial charge in [0.1, 0.15) is 0 Å². The molecular formula is C29H33N3O. The van der Waals surface area contributed by atoms with Gasteiger partial charge in [0.15, 0.2) is 0 Å². The SMILES string of the molecule is CC(C)(c1ccccn1)N1CC[C@@](CCc2ccccc2C#N)(COCc2ccccc2)C1. The van der Waals surface area contributed by atoms with E-state index in [1.165, 1.54) is 5.56 Å². The molecule has 1 saturated heterocycles. The largest absolute Gasteiger partial charge is 0.376 e. The highest BCUT2D eigenvalue weighted by atomic mass is 16.5. The molecule has 0 saturated carbocycles. The van der Waals surface area contributed by atoms with Crippen LogP contribution < -0.4 is 0 Å². The number of aromatic nitrogens is 1. The zero-order valence-electron chi connectivity index (χ0n) is 19.7. The number of nitriles is 1. The lowest BCUT2D eigenvalue weighted by atomic mass is 9.81. The Morgan fingerprint density at radius 1 is 1.03 bits per heavy atom. The van der Waals surface area contributed by atoms with Crippen molar-refractivity contribution in [3.05, 3.63) is 101 Å². The van der Waals surface area contributed by atoms with E-state index in [1.807, 2.05) is 36.5 Å². The molecule has 1 aromatic heterocycles. The number of hydrogen-bond acceptors (Lipinski definition) is 4. The minimum Gasteiger partial charge on any atom is -0.376 e. The van der Waals surface area contributed by atoms with Crippen LogP contribution in [0.25, 0.3) is 0 Å². The van der Waals surface area contributed by atoms with Gasteiger partial charge in [0.05, 0.1) is 36.1 Å². The quantitative estimate of drug-likeness (QED) is 0.427. The fourth-order valence-corrected chi connectivity index (χ4v) is 4.90. The highest BCUT2D eigenvalue weighted by Gasteiger charge is 2.44. The molecule has 4 rings (SSSR count). The van der Waals surface area contributed by atoms with Crippen LogP contribution in [0.4, 0.5) is 0 Å². The Morgan fingerprint density at radius 2 is 1.79 bits per heavy atom. The average Bonchev–Trinajstić information content (AvgIpc) is 3.29. The Labute approximate surface area is 197 Å². The van der Waals surface area contributed by atoms with Crippen LogP contribution in [0.2, 0.25) is 0 Å². The monoisotopic (exact) mass is 439 g/mol. The second-order valence-corrected chi connectivity index (χ2v) is 9.69. The average molecular weight is 440 g/mol. The van der Waals surface area contributed by atoms with Crippen molar-refractivity contribution in [2.75, 3.05) is 19.7 Å². The molecule has 0 amide bonds. The zero-order chi connectivity index (χ0) is 23.2. The molecule has 0 radical (unpaired) electrons. The Balaban J connectivity index is 1.50. The van der Waals surface area contributed by atoms with Crippen molar-refractivity contribution in [2.24, 2.45) is 5.41 Å². The Bertz CT molecular complexity index is 1070. The van der Waals surface area contributed by atoms with E-state index in [-0.39, 0.29) is 11.0 Å². The fraction of sp³-hybridized carbons (Fsp3) is 0.379. The Hall–Kier alpha value is -3.00. The smallest absolute Gasteiger partial charge is 0.0994 e. The zero-order valence-corrected chi connectivity index (χ0v) is 19.7. The van der Waals surface area contributed by atoms with Gasteiger partial charge in [0.25, 0.3) is 0 Å². The van der Waals surface area contributed by atoms with E-state index in [4.69, 9.17) is 4.74 Å². The van der Waals surface area contributed by atoms with Crippen molar-refractivity contribution in [1.29, 1.82) is 5.26 Å². The molecule has 3 aromatic rings. The van der Waals surface area contributed by atoms with Crippen molar-refractivity contribution in [3.8, 4) is 6.07 Å². The van der Waals surface area contributed by atoms with Crippen molar-refractivity contribution in [3.63, 3.8) is 0 Å². The van der Waals surface area contributed by atoms with Gasteiger partial charge in [-0.05, 0) is 69.0 Å². The minimum atomic E-state index is -0.146. The number of ether oxygens (including phenoxy) is 1. The molecular weight excluding hydrogens is 406 g/mol. The van der Waals surface area contributed by atoms with Gasteiger partial charge in [-0.2, -0.15) is 5.26 Å². The van der Waals surface area contributed by atoms with Gasteiger partial charge in [-0.3, -0.25) is 9.88 Å². The van der Waals surface area contributed by atoms with E-state index < -0.39 is 0 Å². The standard InChI is InChI=1S/C29H33N3O/c1-28(2,27-14-8-9-18-31-27)32-19-17-29(22-32,23-33-21-24-10-4-3-5-11-24)16-15-25-12-6-7-13-26(25)20-30/h3-14,18H,15-17,19,21-23H2,1-2H3/t29-/m1/s1. The van der Waals surface area contributed by atoms with Crippen LogP contribution in [0.5, 0.6) is 0 Å². The van der Waals surface area contributed by atoms with Crippen LogP contribution >= 0.6 is 0 Å². The summed E-state index contributed by atoms with van der Waals surface area (Å²) in [5, 5.41) is 9.53. The maximum atomic E-state index is 9.53. The first-order valence-electron chi connectivity index (χ1n) is 11.8. The van der Waals surface area contributed by atoms with E-state index in [1.54, 1.807) is 0 Å². The molecule has 0 N–H and O–H groups in total. The first-order chi connectivity index (χ1) is 16.0. The van der Waals surface area contributed by atoms with E-state index in [0.717, 1.165) is 49.2 Å². The van der Waals surface area contributed by atoms with Crippen LogP contribution in [0, 0.1) is 16.7 Å². The molecule has 1 fully saturated rings. The summed E-state index contributed by atoms with van der Waals surface area (Å²) >= 11 is 0. The van der Waals surface area contributed by atoms with Crippen LogP contribution in [0.3, 0.4) is 0 Å².